The van der Waals surface area contributed by atoms with E-state index < -0.39 is 0 Å². The summed E-state index contributed by atoms with van der Waals surface area (Å²) in [4.78, 5) is 25.8. The molecule has 0 radical (unpaired) electrons. The first-order chi connectivity index (χ1) is 12.2. The molecule has 25 heavy (non-hydrogen) atoms. The monoisotopic (exact) mass is 356 g/mol. The van der Waals surface area contributed by atoms with Crippen LogP contribution in [0.2, 0.25) is 5.02 Å². The number of carbonyl (C=O) groups is 1. The van der Waals surface area contributed by atoms with E-state index in [0.29, 0.717) is 22.9 Å². The highest BCUT2D eigenvalue weighted by Gasteiger charge is 2.26. The first-order valence-corrected chi connectivity index (χ1v) is 8.57. The minimum Gasteiger partial charge on any atom is -0.487 e. The number of likely N-dealkylation sites (tertiary alicyclic amines) is 1. The second-order valence-electron chi connectivity index (χ2n) is 6.07. The van der Waals surface area contributed by atoms with Gasteiger partial charge in [-0.05, 0) is 31.0 Å². The number of hydrogen-bond donors (Lipinski definition) is 1. The summed E-state index contributed by atoms with van der Waals surface area (Å²) in [7, 11) is 0. The zero-order valence-electron chi connectivity index (χ0n) is 13.5. The molecule has 1 atom stereocenters. The summed E-state index contributed by atoms with van der Waals surface area (Å²) >= 11 is 6.11. The maximum absolute atomic E-state index is 12.8. The van der Waals surface area contributed by atoms with Crippen molar-refractivity contribution in [3.05, 3.63) is 53.6 Å². The Morgan fingerprint density at radius 2 is 2.28 bits per heavy atom. The van der Waals surface area contributed by atoms with Crippen LogP contribution < -0.4 is 4.74 Å². The van der Waals surface area contributed by atoms with Crippen LogP contribution in [0.1, 0.15) is 23.2 Å². The van der Waals surface area contributed by atoms with Crippen LogP contribution in [0.3, 0.4) is 0 Å². The molecule has 0 saturated carbocycles. The van der Waals surface area contributed by atoms with Crippen molar-refractivity contribution in [2.45, 2.75) is 18.9 Å². The molecule has 3 aromatic rings. The van der Waals surface area contributed by atoms with E-state index in [1.54, 1.807) is 24.8 Å². The Morgan fingerprint density at radius 3 is 3.16 bits per heavy atom. The molecule has 6 nitrogen and oxygen atoms in total. The lowest BCUT2D eigenvalue weighted by Crippen LogP contribution is -2.44. The third-order valence-corrected chi connectivity index (χ3v) is 4.65. The molecule has 1 fully saturated rings. The van der Waals surface area contributed by atoms with Crippen LogP contribution in [-0.4, -0.2) is 45.0 Å². The second kappa shape index (κ2) is 6.72. The van der Waals surface area contributed by atoms with Crippen LogP contribution in [0.4, 0.5) is 0 Å². The number of aromatic amines is 1. The van der Waals surface area contributed by atoms with Crippen LogP contribution in [0, 0.1) is 0 Å². The fourth-order valence-corrected chi connectivity index (χ4v) is 3.27. The van der Waals surface area contributed by atoms with E-state index in [0.717, 1.165) is 30.4 Å². The Morgan fingerprint density at radius 1 is 1.36 bits per heavy atom. The number of nitrogens with zero attached hydrogens (tertiary/aromatic N) is 3. The number of piperidine rings is 1. The van der Waals surface area contributed by atoms with E-state index in [1.165, 1.54) is 0 Å². The molecule has 7 heteroatoms. The van der Waals surface area contributed by atoms with Crippen molar-refractivity contribution >= 4 is 28.5 Å². The summed E-state index contributed by atoms with van der Waals surface area (Å²) in [5, 5.41) is 0.482. The first kappa shape index (κ1) is 15.9. The molecular formula is C18H17ClN4O2. The third-order valence-electron chi connectivity index (χ3n) is 4.36. The molecule has 0 spiro atoms. The quantitative estimate of drug-likeness (QED) is 0.781. The minimum atomic E-state index is -0.0755. The number of fused-ring (bicyclic) bond motifs is 1. The highest BCUT2D eigenvalue weighted by Crippen LogP contribution is 2.26. The van der Waals surface area contributed by atoms with Gasteiger partial charge in [-0.15, -0.1) is 0 Å². The molecule has 1 aliphatic heterocycles. The highest BCUT2D eigenvalue weighted by molar-refractivity contribution is 6.31. The van der Waals surface area contributed by atoms with Gasteiger partial charge in [0.1, 0.15) is 16.9 Å². The summed E-state index contributed by atoms with van der Waals surface area (Å²) in [6, 6.07) is 7.26. The topological polar surface area (TPSA) is 71.1 Å². The van der Waals surface area contributed by atoms with Gasteiger partial charge in [0.25, 0.3) is 5.91 Å². The van der Waals surface area contributed by atoms with Gasteiger partial charge >= 0.3 is 0 Å². The normalized spacial score (nSPS) is 17.6. The SMILES string of the molecule is O=C(c1ccc2nc[nH]c2c1)N1CCCC(Oc2ccncc2Cl)C1. The maximum Gasteiger partial charge on any atom is 0.254 e. The molecule has 1 aliphatic rings. The van der Waals surface area contributed by atoms with E-state index in [4.69, 9.17) is 16.3 Å². The van der Waals surface area contributed by atoms with Gasteiger partial charge in [-0.2, -0.15) is 0 Å². The summed E-state index contributed by atoms with van der Waals surface area (Å²) in [5.74, 6) is 0.612. The van der Waals surface area contributed by atoms with E-state index in [2.05, 4.69) is 15.0 Å². The number of nitrogens with one attached hydrogen (secondary N) is 1. The molecule has 1 N–H and O–H groups in total. The molecular weight excluding hydrogens is 340 g/mol. The summed E-state index contributed by atoms with van der Waals surface area (Å²) in [6.07, 6.45) is 6.54. The van der Waals surface area contributed by atoms with Gasteiger partial charge in [-0.1, -0.05) is 11.6 Å². The molecule has 2 aromatic heterocycles. The number of ether oxygens (including phenoxy) is 1. The van der Waals surface area contributed by atoms with Crippen molar-refractivity contribution in [2.24, 2.45) is 0 Å². The largest absolute Gasteiger partial charge is 0.487 e. The van der Waals surface area contributed by atoms with Crippen molar-refractivity contribution in [2.75, 3.05) is 13.1 Å². The number of imidazole rings is 1. The average Bonchev–Trinajstić information content (AvgIpc) is 3.11. The predicted molar refractivity (Wildman–Crippen MR) is 94.9 cm³/mol. The fraction of sp³-hybridized carbons (Fsp3) is 0.278. The molecule has 1 unspecified atom stereocenters. The Hall–Kier alpha value is -2.60. The van der Waals surface area contributed by atoms with Crippen LogP contribution in [0.25, 0.3) is 11.0 Å². The van der Waals surface area contributed by atoms with Crippen molar-refractivity contribution in [3.8, 4) is 5.75 Å². The van der Waals surface area contributed by atoms with Crippen LogP contribution >= 0.6 is 11.6 Å². The van der Waals surface area contributed by atoms with Gasteiger partial charge < -0.3 is 14.6 Å². The number of pyridine rings is 1. The first-order valence-electron chi connectivity index (χ1n) is 8.19. The number of hydrogen-bond acceptors (Lipinski definition) is 4. The van der Waals surface area contributed by atoms with Crippen LogP contribution in [-0.2, 0) is 0 Å². The van der Waals surface area contributed by atoms with Gasteiger partial charge in [0.15, 0.2) is 0 Å². The van der Waals surface area contributed by atoms with Gasteiger partial charge in [0.2, 0.25) is 0 Å². The number of aromatic nitrogens is 3. The van der Waals surface area contributed by atoms with E-state index in [1.807, 2.05) is 23.1 Å². The molecule has 0 bridgehead atoms. The molecule has 0 aliphatic carbocycles. The predicted octanol–water partition coefficient (Wildman–Crippen LogP) is 3.29. The standard InChI is InChI=1S/C18H17ClN4O2/c19-14-9-20-6-5-17(14)25-13-2-1-7-23(10-13)18(24)12-3-4-15-16(8-12)22-11-21-15/h3-6,8-9,11,13H,1-2,7,10H2,(H,21,22). The molecule has 3 heterocycles. The Bertz CT molecular complexity index is 911. The number of carbonyl (C=O) groups excluding carboxylic acids is 1. The number of rotatable bonds is 3. The molecule has 1 aromatic carbocycles. The smallest absolute Gasteiger partial charge is 0.254 e. The maximum atomic E-state index is 12.8. The fourth-order valence-electron chi connectivity index (χ4n) is 3.11. The molecule has 4 rings (SSSR count). The summed E-state index contributed by atoms with van der Waals surface area (Å²) in [5.41, 5.74) is 2.36. The Kier molecular flexibility index (Phi) is 4.28. The number of amides is 1. The lowest BCUT2D eigenvalue weighted by molar-refractivity contribution is 0.0538. The number of H-pyrrole nitrogens is 1. The Balaban J connectivity index is 1.48. The van der Waals surface area contributed by atoms with Gasteiger partial charge in [-0.3, -0.25) is 9.78 Å². The van der Waals surface area contributed by atoms with E-state index in [9.17, 15) is 4.79 Å². The molecule has 1 saturated heterocycles. The van der Waals surface area contributed by atoms with Crippen molar-refractivity contribution < 1.29 is 9.53 Å². The van der Waals surface area contributed by atoms with Gasteiger partial charge in [0, 0.05) is 30.6 Å². The molecule has 128 valence electrons. The average molecular weight is 357 g/mol. The van der Waals surface area contributed by atoms with E-state index in [-0.39, 0.29) is 12.0 Å². The summed E-state index contributed by atoms with van der Waals surface area (Å²) in [6.45, 7) is 1.27. The van der Waals surface area contributed by atoms with Crippen LogP contribution in [0.15, 0.2) is 43.0 Å². The number of halogens is 1. The lowest BCUT2D eigenvalue weighted by Gasteiger charge is -2.33. The highest BCUT2D eigenvalue weighted by atomic mass is 35.5. The van der Waals surface area contributed by atoms with Crippen LogP contribution in [0.5, 0.6) is 5.75 Å². The van der Waals surface area contributed by atoms with Gasteiger partial charge in [0.05, 0.1) is 23.9 Å². The zero-order chi connectivity index (χ0) is 17.2. The van der Waals surface area contributed by atoms with Crippen molar-refractivity contribution in [3.63, 3.8) is 0 Å². The zero-order valence-corrected chi connectivity index (χ0v) is 14.2. The van der Waals surface area contributed by atoms with Gasteiger partial charge in [-0.25, -0.2) is 4.98 Å². The Labute approximate surface area is 149 Å². The molecule has 1 amide bonds. The third kappa shape index (κ3) is 3.30. The van der Waals surface area contributed by atoms with Crippen molar-refractivity contribution in [1.29, 1.82) is 0 Å². The number of benzene rings is 1. The summed E-state index contributed by atoms with van der Waals surface area (Å²) < 4.78 is 5.98. The van der Waals surface area contributed by atoms with E-state index >= 15 is 0 Å². The minimum absolute atomic E-state index is 0.00521. The lowest BCUT2D eigenvalue weighted by atomic mass is 10.1. The second-order valence-corrected chi connectivity index (χ2v) is 6.48. The van der Waals surface area contributed by atoms with Crippen molar-refractivity contribution in [1.82, 2.24) is 19.9 Å².